The zero-order valence-electron chi connectivity index (χ0n) is 14.7. The second kappa shape index (κ2) is 7.51. The van der Waals surface area contributed by atoms with Gasteiger partial charge in [-0.1, -0.05) is 0 Å². The number of hydrogen-bond donors (Lipinski definition) is 1. The first-order valence-corrected chi connectivity index (χ1v) is 8.07. The van der Waals surface area contributed by atoms with Gasteiger partial charge in [0.05, 0.1) is 7.11 Å². The van der Waals surface area contributed by atoms with Crippen LogP contribution in [0.1, 0.15) is 44.1 Å². The highest BCUT2D eigenvalue weighted by Gasteiger charge is 2.24. The first kappa shape index (κ1) is 18.0. The molecule has 2 rings (SSSR count). The molecule has 0 radical (unpaired) electrons. The summed E-state index contributed by atoms with van der Waals surface area (Å²) in [6.45, 7) is 7.10. The number of hydrogen-bond acceptors (Lipinski definition) is 6. The van der Waals surface area contributed by atoms with Gasteiger partial charge in [0.25, 0.3) is 0 Å². The Morgan fingerprint density at radius 3 is 2.54 bits per heavy atom. The minimum Gasteiger partial charge on any atom is -0.464 e. The predicted octanol–water partition coefficient (Wildman–Crippen LogP) is 2.36. The molecule has 0 spiro atoms. The number of piperidine rings is 1. The quantitative estimate of drug-likeness (QED) is 0.854. The maximum Gasteiger partial charge on any atom is 0.407 e. The number of alkyl carbamates (subject to hydrolysis) is 1. The molecule has 0 aliphatic carbocycles. The van der Waals surface area contributed by atoms with Crippen LogP contribution in [0.3, 0.4) is 0 Å². The number of carbonyl (C=O) groups excluding carboxylic acids is 2. The van der Waals surface area contributed by atoms with Crippen molar-refractivity contribution in [3.8, 4) is 0 Å². The van der Waals surface area contributed by atoms with Crippen molar-refractivity contribution in [2.24, 2.45) is 0 Å². The van der Waals surface area contributed by atoms with E-state index >= 15 is 0 Å². The molecule has 1 N–H and O–H groups in total. The number of anilines is 1. The molecular weight excluding hydrogens is 310 g/mol. The zero-order chi connectivity index (χ0) is 17.7. The minimum absolute atomic E-state index is 0.0954. The number of methoxy groups -OCH3 is 1. The van der Waals surface area contributed by atoms with Gasteiger partial charge in [-0.2, -0.15) is 0 Å². The first-order valence-electron chi connectivity index (χ1n) is 8.07. The van der Waals surface area contributed by atoms with Crippen LogP contribution >= 0.6 is 0 Å². The Kier molecular flexibility index (Phi) is 5.64. The number of nitrogens with zero attached hydrogens (tertiary/aromatic N) is 2. The summed E-state index contributed by atoms with van der Waals surface area (Å²) >= 11 is 0. The highest BCUT2D eigenvalue weighted by molar-refractivity contribution is 5.88. The van der Waals surface area contributed by atoms with E-state index in [-0.39, 0.29) is 12.1 Å². The largest absolute Gasteiger partial charge is 0.464 e. The van der Waals surface area contributed by atoms with Crippen molar-refractivity contribution in [3.63, 3.8) is 0 Å². The Hall–Kier alpha value is -2.31. The molecule has 0 unspecified atom stereocenters. The van der Waals surface area contributed by atoms with Crippen LogP contribution in [-0.2, 0) is 9.47 Å². The predicted molar refractivity (Wildman–Crippen MR) is 90.2 cm³/mol. The molecule has 132 valence electrons. The molecule has 1 amide bonds. The molecule has 1 saturated heterocycles. The first-order chi connectivity index (χ1) is 11.3. The summed E-state index contributed by atoms with van der Waals surface area (Å²) in [4.78, 5) is 29.6. The van der Waals surface area contributed by atoms with Crippen LogP contribution in [0.5, 0.6) is 0 Å². The van der Waals surface area contributed by atoms with Crippen molar-refractivity contribution in [3.05, 3.63) is 24.0 Å². The van der Waals surface area contributed by atoms with Crippen molar-refractivity contribution in [1.82, 2.24) is 10.3 Å². The fourth-order valence-corrected chi connectivity index (χ4v) is 2.59. The molecule has 7 heteroatoms. The summed E-state index contributed by atoms with van der Waals surface area (Å²) < 4.78 is 9.98. The zero-order valence-corrected chi connectivity index (χ0v) is 14.7. The number of aromatic nitrogens is 1. The second-order valence-corrected chi connectivity index (χ2v) is 6.80. The smallest absolute Gasteiger partial charge is 0.407 e. The summed E-state index contributed by atoms with van der Waals surface area (Å²) in [5.74, 6) is -0.446. The van der Waals surface area contributed by atoms with Crippen LogP contribution in [0.25, 0.3) is 0 Å². The number of ether oxygens (including phenoxy) is 2. The standard InChI is InChI=1S/C17H25N3O4/c1-17(2,3)24-16(22)19-12-6-9-20(10-7-12)13-5-8-18-14(11-13)15(21)23-4/h5,8,11-12H,6-7,9-10H2,1-4H3,(H,19,22). The van der Waals surface area contributed by atoms with Crippen molar-refractivity contribution in [2.45, 2.75) is 45.3 Å². The SMILES string of the molecule is COC(=O)c1cc(N2CCC(NC(=O)OC(C)(C)C)CC2)ccn1. The summed E-state index contributed by atoms with van der Waals surface area (Å²) in [6.07, 6.45) is 2.86. The Bertz CT molecular complexity index is 590. The lowest BCUT2D eigenvalue weighted by molar-refractivity contribution is 0.0496. The van der Waals surface area contributed by atoms with E-state index in [1.807, 2.05) is 26.8 Å². The molecule has 7 nitrogen and oxygen atoms in total. The highest BCUT2D eigenvalue weighted by Crippen LogP contribution is 2.21. The lowest BCUT2D eigenvalue weighted by Gasteiger charge is -2.34. The normalized spacial score (nSPS) is 15.8. The highest BCUT2D eigenvalue weighted by atomic mass is 16.6. The third-order valence-electron chi connectivity index (χ3n) is 3.72. The van der Waals surface area contributed by atoms with E-state index in [1.165, 1.54) is 7.11 Å². The van der Waals surface area contributed by atoms with E-state index in [9.17, 15) is 9.59 Å². The number of carbonyl (C=O) groups is 2. The molecule has 1 aliphatic heterocycles. The average Bonchev–Trinajstić information content (AvgIpc) is 2.53. The Morgan fingerprint density at radius 2 is 1.96 bits per heavy atom. The van der Waals surface area contributed by atoms with Crippen LogP contribution in [0.2, 0.25) is 0 Å². The lowest BCUT2D eigenvalue weighted by Crippen LogP contribution is -2.46. The molecule has 1 aromatic rings. The van der Waals surface area contributed by atoms with Crippen LogP contribution in [0, 0.1) is 0 Å². The van der Waals surface area contributed by atoms with Gasteiger partial charge in [-0.15, -0.1) is 0 Å². The number of amides is 1. The summed E-state index contributed by atoms with van der Waals surface area (Å²) in [5, 5.41) is 2.91. The Balaban J connectivity index is 1.89. The molecular formula is C17H25N3O4. The van der Waals surface area contributed by atoms with Crippen LogP contribution in [0.15, 0.2) is 18.3 Å². The van der Waals surface area contributed by atoms with Gasteiger partial charge < -0.3 is 19.7 Å². The van der Waals surface area contributed by atoms with E-state index in [1.54, 1.807) is 12.3 Å². The fraction of sp³-hybridized carbons (Fsp3) is 0.588. The second-order valence-electron chi connectivity index (χ2n) is 6.80. The lowest BCUT2D eigenvalue weighted by atomic mass is 10.0. The molecule has 0 saturated carbocycles. The molecule has 2 heterocycles. The molecule has 0 aromatic carbocycles. The van der Waals surface area contributed by atoms with Crippen molar-refractivity contribution in [2.75, 3.05) is 25.1 Å². The molecule has 1 aliphatic rings. The van der Waals surface area contributed by atoms with Gasteiger partial charge in [-0.3, -0.25) is 0 Å². The van der Waals surface area contributed by atoms with Gasteiger partial charge in [0.1, 0.15) is 11.3 Å². The van der Waals surface area contributed by atoms with Gasteiger partial charge >= 0.3 is 12.1 Å². The summed E-state index contributed by atoms with van der Waals surface area (Å²) in [7, 11) is 1.34. The van der Waals surface area contributed by atoms with Crippen LogP contribution in [-0.4, -0.2) is 48.9 Å². The minimum atomic E-state index is -0.494. The third-order valence-corrected chi connectivity index (χ3v) is 3.72. The third kappa shape index (κ3) is 5.11. The van der Waals surface area contributed by atoms with Crippen LogP contribution in [0.4, 0.5) is 10.5 Å². The number of rotatable bonds is 3. The van der Waals surface area contributed by atoms with E-state index < -0.39 is 11.6 Å². The van der Waals surface area contributed by atoms with Gasteiger partial charge in [-0.25, -0.2) is 14.6 Å². The van der Waals surface area contributed by atoms with E-state index in [2.05, 4.69) is 15.2 Å². The molecule has 24 heavy (non-hydrogen) atoms. The van der Waals surface area contributed by atoms with Crippen molar-refractivity contribution in [1.29, 1.82) is 0 Å². The maximum absolute atomic E-state index is 11.8. The maximum atomic E-state index is 11.8. The topological polar surface area (TPSA) is 80.8 Å². The molecule has 0 atom stereocenters. The molecule has 1 aromatic heterocycles. The van der Waals surface area contributed by atoms with E-state index in [0.717, 1.165) is 31.6 Å². The van der Waals surface area contributed by atoms with Crippen molar-refractivity contribution >= 4 is 17.7 Å². The number of esters is 1. The number of nitrogens with one attached hydrogen (secondary N) is 1. The molecule has 1 fully saturated rings. The summed E-state index contributed by atoms with van der Waals surface area (Å²) in [5.41, 5.74) is 0.733. The van der Waals surface area contributed by atoms with Gasteiger partial charge in [0, 0.05) is 31.0 Å². The number of pyridine rings is 1. The Morgan fingerprint density at radius 1 is 1.29 bits per heavy atom. The van der Waals surface area contributed by atoms with Gasteiger partial charge in [0.15, 0.2) is 0 Å². The van der Waals surface area contributed by atoms with E-state index in [4.69, 9.17) is 9.47 Å². The summed E-state index contributed by atoms with van der Waals surface area (Å²) in [6, 6.07) is 3.69. The van der Waals surface area contributed by atoms with Crippen molar-refractivity contribution < 1.29 is 19.1 Å². The van der Waals surface area contributed by atoms with E-state index in [0.29, 0.717) is 5.69 Å². The van der Waals surface area contributed by atoms with Gasteiger partial charge in [0.2, 0.25) is 0 Å². The Labute approximate surface area is 142 Å². The van der Waals surface area contributed by atoms with Crippen LogP contribution < -0.4 is 10.2 Å². The molecule has 0 bridgehead atoms. The monoisotopic (exact) mass is 335 g/mol. The fourth-order valence-electron chi connectivity index (χ4n) is 2.59. The average molecular weight is 335 g/mol. The van der Waals surface area contributed by atoms with Gasteiger partial charge in [-0.05, 0) is 45.7 Å².